The van der Waals surface area contributed by atoms with E-state index in [4.69, 9.17) is 23.7 Å². The molecule has 4 aliphatic heterocycles. The van der Waals surface area contributed by atoms with E-state index >= 15 is 0 Å². The van der Waals surface area contributed by atoms with Crippen molar-refractivity contribution >= 4 is 41.8 Å². The molecular formula is C51H86N6O13. The number of carbonyl (C=O) groups excluding carboxylic acids is 7. The predicted molar refractivity (Wildman–Crippen MR) is 259 cm³/mol. The van der Waals surface area contributed by atoms with Gasteiger partial charge in [-0.25, -0.2) is 14.4 Å². The van der Waals surface area contributed by atoms with Crippen molar-refractivity contribution in [2.45, 2.75) is 194 Å². The number of esters is 1. The van der Waals surface area contributed by atoms with E-state index in [1.165, 1.54) is 7.11 Å². The van der Waals surface area contributed by atoms with E-state index in [1.54, 1.807) is 51.3 Å². The van der Waals surface area contributed by atoms with Crippen LogP contribution in [0.15, 0.2) is 0 Å². The second-order valence-electron chi connectivity index (χ2n) is 23.4. The van der Waals surface area contributed by atoms with Gasteiger partial charge >= 0.3 is 18.2 Å². The highest BCUT2D eigenvalue weighted by Crippen LogP contribution is 2.66. The normalized spacial score (nSPS) is 32.2. The third kappa shape index (κ3) is 14.9. The molecule has 0 aromatic carbocycles. The SMILES string of the molecule is CC(C)(C)OC(=O)N[C@H]1COCCCCCCC[C@@H](CO)NC(=O)[C@@H]2[C@@H]3[C@H](CN2C1=O)C3(C)C.COC(=O)[C@@H]1CCCCCCCOC[C@H](NC(=O)OC(C)(C)C)C(=O)N2C[C@H]3[C@@H]([C@H]2C(=O)N1)C3(C)C. The van der Waals surface area contributed by atoms with Gasteiger partial charge < -0.3 is 59.9 Å². The first-order valence-corrected chi connectivity index (χ1v) is 25.9. The fourth-order valence-electron chi connectivity index (χ4n) is 11.0. The molecule has 19 nitrogen and oxygen atoms in total. The molecule has 5 N–H and O–H groups in total. The summed E-state index contributed by atoms with van der Waals surface area (Å²) < 4.78 is 27.3. The van der Waals surface area contributed by atoms with Gasteiger partial charge in [0.1, 0.15) is 41.4 Å². The van der Waals surface area contributed by atoms with E-state index in [2.05, 4.69) is 49.0 Å². The summed E-state index contributed by atoms with van der Waals surface area (Å²) >= 11 is 0. The van der Waals surface area contributed by atoms with E-state index in [0.29, 0.717) is 39.1 Å². The molecule has 6 amide bonds. The van der Waals surface area contributed by atoms with E-state index < -0.39 is 59.6 Å². The largest absolute Gasteiger partial charge is 0.467 e. The van der Waals surface area contributed by atoms with E-state index in [-0.39, 0.29) is 84.0 Å². The van der Waals surface area contributed by atoms with Crippen LogP contribution in [0.5, 0.6) is 0 Å². The number of nitrogens with one attached hydrogen (secondary N) is 4. The lowest BCUT2D eigenvalue weighted by Crippen LogP contribution is -2.58. The Morgan fingerprint density at radius 3 is 1.46 bits per heavy atom. The fourth-order valence-corrected chi connectivity index (χ4v) is 11.0. The molecule has 70 heavy (non-hydrogen) atoms. The lowest BCUT2D eigenvalue weighted by atomic mass is 9.99. The standard InChI is InChI=1S/C26H43N3O7.C25H43N3O6/c1-25(2,3)36-24(33)28-18-15-35-13-11-9-7-8-10-12-17(23(32)34-6)27-21(30)20-19-16(26(19,4)5)14-29(20)22(18)31;1-24(2,3)34-23(32)27-18-15-33-12-10-8-6-7-9-11-16(14-29)26-21(30)20-19-17(25(19,4)5)13-28(20)22(18)31/h16-20H,7-15H2,1-6H3,(H,27,30)(H,28,33);16-20,29H,6-15H2,1-5H3,(H,26,30)(H,27,32)/t2*16-,17-,18-,19-,20-/m00/s1. The number of piperidine rings is 2. The molecule has 398 valence electrons. The van der Waals surface area contributed by atoms with Crippen LogP contribution in [0.3, 0.4) is 0 Å². The van der Waals surface area contributed by atoms with Gasteiger partial charge in [0, 0.05) is 26.3 Å². The number of hydrogen-bond acceptors (Lipinski definition) is 13. The van der Waals surface area contributed by atoms with E-state index in [0.717, 1.165) is 64.2 Å². The Balaban J connectivity index is 0.000000261. The molecule has 0 unspecified atom stereocenters. The molecule has 6 rings (SSSR count). The van der Waals surface area contributed by atoms with Crippen LogP contribution in [0.2, 0.25) is 0 Å². The number of ether oxygens (including phenoxy) is 5. The monoisotopic (exact) mass is 991 g/mol. The maximum absolute atomic E-state index is 13.7. The minimum absolute atomic E-state index is 0.00751. The van der Waals surface area contributed by atoms with Crippen LogP contribution >= 0.6 is 0 Å². The quantitative estimate of drug-likeness (QED) is 0.191. The number of fused-ring (bicyclic) bond motifs is 6. The first-order valence-electron chi connectivity index (χ1n) is 25.9. The predicted octanol–water partition coefficient (Wildman–Crippen LogP) is 4.60. The zero-order valence-corrected chi connectivity index (χ0v) is 43.9. The number of methoxy groups -OCH3 is 1. The summed E-state index contributed by atoms with van der Waals surface area (Å²) in [7, 11) is 1.31. The van der Waals surface area contributed by atoms with Crippen LogP contribution in [-0.4, -0.2) is 157 Å². The number of aliphatic hydroxyl groups excluding tert-OH is 1. The number of alkyl carbamates (subject to hydrolysis) is 2. The maximum Gasteiger partial charge on any atom is 0.408 e. The molecule has 10 atom stereocenters. The maximum atomic E-state index is 13.7. The Morgan fingerprint density at radius 1 is 0.643 bits per heavy atom. The van der Waals surface area contributed by atoms with Gasteiger partial charge in [-0.1, -0.05) is 79.1 Å². The van der Waals surface area contributed by atoms with E-state index in [1.807, 2.05) is 0 Å². The number of amides is 6. The molecule has 0 bridgehead atoms. The number of hydrogen-bond donors (Lipinski definition) is 5. The second kappa shape index (κ2) is 24.0. The minimum Gasteiger partial charge on any atom is -0.467 e. The first-order chi connectivity index (χ1) is 32.8. The van der Waals surface area contributed by atoms with Crippen LogP contribution in [0.25, 0.3) is 0 Å². The highest BCUT2D eigenvalue weighted by molar-refractivity contribution is 5.95. The van der Waals surface area contributed by atoms with Crippen molar-refractivity contribution in [2.75, 3.05) is 53.2 Å². The lowest BCUT2D eigenvalue weighted by molar-refractivity contribution is -0.147. The average Bonchev–Trinajstić information content (AvgIpc) is 3.71. The second-order valence-corrected chi connectivity index (χ2v) is 23.4. The molecule has 0 aromatic heterocycles. The van der Waals surface area contributed by atoms with Gasteiger partial charge in [0.25, 0.3) is 0 Å². The summed E-state index contributed by atoms with van der Waals surface area (Å²) in [6, 6.07) is -4.37. The summed E-state index contributed by atoms with van der Waals surface area (Å²) in [5, 5.41) is 21.0. The average molecular weight is 991 g/mol. The number of rotatable bonds is 4. The van der Waals surface area contributed by atoms with Crippen LogP contribution in [0, 0.1) is 34.5 Å². The third-order valence-corrected chi connectivity index (χ3v) is 15.1. The molecule has 2 aliphatic carbocycles. The van der Waals surface area contributed by atoms with Gasteiger partial charge in [0.2, 0.25) is 23.6 Å². The van der Waals surface area contributed by atoms with Crippen LogP contribution in [0.4, 0.5) is 9.59 Å². The van der Waals surface area contributed by atoms with Gasteiger partial charge in [-0.3, -0.25) is 19.2 Å². The van der Waals surface area contributed by atoms with Crippen LogP contribution in [0.1, 0.15) is 146 Å². The molecule has 0 aromatic rings. The summed E-state index contributed by atoms with van der Waals surface area (Å²) in [6.07, 6.45) is 9.13. The topological polar surface area (TPSA) is 240 Å². The van der Waals surface area contributed by atoms with Crippen molar-refractivity contribution in [1.29, 1.82) is 0 Å². The molecule has 0 spiro atoms. The van der Waals surface area contributed by atoms with Gasteiger partial charge in [0.15, 0.2) is 0 Å². The highest BCUT2D eigenvalue weighted by atomic mass is 16.6. The molecule has 6 fully saturated rings. The zero-order chi connectivity index (χ0) is 51.8. The van der Waals surface area contributed by atoms with Crippen LogP contribution < -0.4 is 21.3 Å². The number of carbonyl (C=O) groups is 7. The Bertz CT molecular complexity index is 1850. The summed E-state index contributed by atoms with van der Waals surface area (Å²) in [6.45, 7) is 20.7. The lowest BCUT2D eigenvalue weighted by Gasteiger charge is -2.34. The Hall–Kier alpha value is -4.23. The van der Waals surface area contributed by atoms with Crippen molar-refractivity contribution in [1.82, 2.24) is 31.1 Å². The van der Waals surface area contributed by atoms with Crippen molar-refractivity contribution in [3.8, 4) is 0 Å². The van der Waals surface area contributed by atoms with Gasteiger partial charge in [-0.15, -0.1) is 0 Å². The molecule has 19 heteroatoms. The van der Waals surface area contributed by atoms with Crippen molar-refractivity contribution in [3.05, 3.63) is 0 Å². The molecule has 6 aliphatic rings. The molecule has 0 radical (unpaired) electrons. The van der Waals surface area contributed by atoms with Crippen molar-refractivity contribution in [3.63, 3.8) is 0 Å². The van der Waals surface area contributed by atoms with Gasteiger partial charge in [-0.05, 0) is 102 Å². The molecular weight excluding hydrogens is 905 g/mol. The minimum atomic E-state index is -0.986. The summed E-state index contributed by atoms with van der Waals surface area (Å²) in [5.74, 6) is -1.36. The Labute approximate surface area is 415 Å². The van der Waals surface area contributed by atoms with E-state index in [9.17, 15) is 38.7 Å². The number of aliphatic hydroxyl groups is 1. The fraction of sp³-hybridized carbons (Fsp3) is 0.863. The number of nitrogens with zero attached hydrogens (tertiary/aromatic N) is 2. The Kier molecular flexibility index (Phi) is 19.4. The summed E-state index contributed by atoms with van der Waals surface area (Å²) in [4.78, 5) is 94.9. The van der Waals surface area contributed by atoms with Crippen LogP contribution in [-0.2, 0) is 47.7 Å². The van der Waals surface area contributed by atoms with Gasteiger partial charge in [0.05, 0.1) is 33.0 Å². The van der Waals surface area contributed by atoms with Crippen molar-refractivity contribution in [2.24, 2.45) is 34.5 Å². The molecule has 4 saturated heterocycles. The first kappa shape index (κ1) is 56.7. The smallest absolute Gasteiger partial charge is 0.408 e. The van der Waals surface area contributed by atoms with Crippen molar-refractivity contribution < 1.29 is 62.4 Å². The zero-order valence-electron chi connectivity index (χ0n) is 43.9. The molecule has 4 heterocycles. The van der Waals surface area contributed by atoms with Gasteiger partial charge in [-0.2, -0.15) is 0 Å². The highest BCUT2D eigenvalue weighted by Gasteiger charge is 2.71. The summed E-state index contributed by atoms with van der Waals surface area (Å²) in [5.41, 5.74) is -1.55. The Morgan fingerprint density at radius 2 is 1.04 bits per heavy atom. The third-order valence-electron chi connectivity index (χ3n) is 15.1. The molecule has 2 saturated carbocycles.